The summed E-state index contributed by atoms with van der Waals surface area (Å²) in [5.41, 5.74) is 1.65. The summed E-state index contributed by atoms with van der Waals surface area (Å²) in [6.07, 6.45) is 0. The smallest absolute Gasteiger partial charge is 0.264 e. The van der Waals surface area contributed by atoms with Crippen LogP contribution in [-0.2, 0) is 26.2 Å². The Morgan fingerprint density at radius 2 is 1.68 bits per heavy atom. The van der Waals surface area contributed by atoms with Crippen molar-refractivity contribution in [1.82, 2.24) is 10.2 Å². The normalized spacial score (nSPS) is 11.9. The minimum atomic E-state index is -4.15. The van der Waals surface area contributed by atoms with E-state index in [9.17, 15) is 18.0 Å². The molecule has 1 atom stereocenters. The summed E-state index contributed by atoms with van der Waals surface area (Å²) in [6, 6.07) is 18.9. The number of ether oxygens (including phenoxy) is 1. The Balaban J connectivity index is 2.05. The minimum Gasteiger partial charge on any atom is -0.497 e. The highest BCUT2D eigenvalue weighted by Crippen LogP contribution is 2.30. The van der Waals surface area contributed by atoms with Crippen LogP contribution in [0.3, 0.4) is 0 Å². The molecule has 0 saturated carbocycles. The number of methoxy groups -OCH3 is 1. The largest absolute Gasteiger partial charge is 0.497 e. The average Bonchev–Trinajstić information content (AvgIpc) is 2.91. The Kier molecular flexibility index (Phi) is 9.18. The lowest BCUT2D eigenvalue weighted by molar-refractivity contribution is -0.139. The number of nitrogens with one attached hydrogen (secondary N) is 1. The van der Waals surface area contributed by atoms with Crippen LogP contribution in [-0.4, -0.2) is 51.9 Å². The van der Waals surface area contributed by atoms with Gasteiger partial charge in [-0.05, 0) is 61.4 Å². The topological polar surface area (TPSA) is 96.0 Å². The van der Waals surface area contributed by atoms with Gasteiger partial charge in [0.05, 0.1) is 17.7 Å². The average molecular weight is 544 g/mol. The van der Waals surface area contributed by atoms with Gasteiger partial charge in [0.1, 0.15) is 18.3 Å². The van der Waals surface area contributed by atoms with Crippen molar-refractivity contribution in [2.45, 2.75) is 31.3 Å². The summed E-state index contributed by atoms with van der Waals surface area (Å²) in [5, 5.41) is 2.89. The van der Waals surface area contributed by atoms with Gasteiger partial charge in [0.2, 0.25) is 11.8 Å². The molecule has 0 radical (unpaired) electrons. The molecule has 10 heteroatoms. The van der Waals surface area contributed by atoms with Crippen LogP contribution in [0.15, 0.2) is 77.7 Å². The Morgan fingerprint density at radius 3 is 2.27 bits per heavy atom. The second-order valence-corrected chi connectivity index (χ2v) is 10.7. The van der Waals surface area contributed by atoms with Gasteiger partial charge in [-0.15, -0.1) is 0 Å². The number of anilines is 1. The number of likely N-dealkylation sites (N-methyl/N-ethyl adjacent to an activating group) is 1. The van der Waals surface area contributed by atoms with Crippen molar-refractivity contribution in [3.63, 3.8) is 0 Å². The molecule has 0 aliphatic heterocycles. The number of aryl methyl sites for hydroxylation is 1. The second-order valence-electron chi connectivity index (χ2n) is 8.42. The van der Waals surface area contributed by atoms with Crippen LogP contribution in [0.25, 0.3) is 0 Å². The molecule has 0 aromatic heterocycles. The molecule has 3 aromatic carbocycles. The Morgan fingerprint density at radius 1 is 1.03 bits per heavy atom. The lowest BCUT2D eigenvalue weighted by Crippen LogP contribution is -2.50. The zero-order chi connectivity index (χ0) is 27.2. The first-order valence-corrected chi connectivity index (χ1v) is 13.4. The van der Waals surface area contributed by atoms with E-state index in [4.69, 9.17) is 16.3 Å². The highest BCUT2D eigenvalue weighted by molar-refractivity contribution is 7.92. The van der Waals surface area contributed by atoms with Gasteiger partial charge in [-0.2, -0.15) is 0 Å². The third-order valence-electron chi connectivity index (χ3n) is 5.98. The van der Waals surface area contributed by atoms with Crippen molar-refractivity contribution < 1.29 is 22.7 Å². The maximum Gasteiger partial charge on any atom is 0.264 e. The van der Waals surface area contributed by atoms with E-state index in [0.29, 0.717) is 16.3 Å². The predicted octanol–water partition coefficient (Wildman–Crippen LogP) is 4.02. The molecule has 8 nitrogen and oxygen atoms in total. The minimum absolute atomic E-state index is 0.0308. The summed E-state index contributed by atoms with van der Waals surface area (Å²) in [5.74, 6) is -0.276. The number of halogens is 1. The predicted molar refractivity (Wildman–Crippen MR) is 144 cm³/mol. The number of sulfonamides is 1. The molecule has 1 N–H and O–H groups in total. The number of hydrogen-bond donors (Lipinski definition) is 1. The lowest BCUT2D eigenvalue weighted by Gasteiger charge is -2.32. The van der Waals surface area contributed by atoms with Crippen LogP contribution in [0, 0.1) is 6.92 Å². The fourth-order valence-corrected chi connectivity index (χ4v) is 5.46. The standard InChI is InChI=1S/C27H30ClN3O5S/c1-19-10-13-22(28)16-25(19)31(37(34,35)24-8-6-5-7-9-24)18-26(32)30(20(2)27(33)29-3)17-21-11-14-23(36-4)15-12-21/h5-16,20H,17-18H2,1-4H3,(H,29,33)/t20-/m0/s1. The number of amides is 2. The van der Waals surface area contributed by atoms with Gasteiger partial charge < -0.3 is 15.0 Å². The highest BCUT2D eigenvalue weighted by Gasteiger charge is 2.33. The number of carbonyl (C=O) groups excluding carboxylic acids is 2. The molecule has 37 heavy (non-hydrogen) atoms. The van der Waals surface area contributed by atoms with Gasteiger partial charge in [-0.1, -0.05) is 48.0 Å². The zero-order valence-corrected chi connectivity index (χ0v) is 22.7. The Labute approximate surface area is 222 Å². The van der Waals surface area contributed by atoms with E-state index in [-0.39, 0.29) is 23.0 Å². The van der Waals surface area contributed by atoms with E-state index >= 15 is 0 Å². The van der Waals surface area contributed by atoms with Crippen molar-refractivity contribution >= 4 is 39.1 Å². The maximum atomic E-state index is 13.8. The number of benzene rings is 3. The fraction of sp³-hybridized carbons (Fsp3) is 0.259. The van der Waals surface area contributed by atoms with Crippen LogP contribution in [0.2, 0.25) is 5.02 Å². The van der Waals surface area contributed by atoms with Gasteiger partial charge in [0.25, 0.3) is 10.0 Å². The van der Waals surface area contributed by atoms with Gasteiger partial charge in [-0.25, -0.2) is 8.42 Å². The molecule has 196 valence electrons. The molecule has 3 rings (SSSR count). The fourth-order valence-electron chi connectivity index (χ4n) is 3.80. The number of hydrogen-bond acceptors (Lipinski definition) is 5. The number of nitrogens with zero attached hydrogens (tertiary/aromatic N) is 2. The lowest BCUT2D eigenvalue weighted by atomic mass is 10.1. The molecular formula is C27H30ClN3O5S. The van der Waals surface area contributed by atoms with Crippen molar-refractivity contribution in [3.8, 4) is 5.75 Å². The van der Waals surface area contributed by atoms with Crippen molar-refractivity contribution in [3.05, 3.63) is 88.9 Å². The van der Waals surface area contributed by atoms with Gasteiger partial charge in [0, 0.05) is 18.6 Å². The number of carbonyl (C=O) groups is 2. The molecule has 0 fully saturated rings. The molecule has 2 amide bonds. The molecule has 0 unspecified atom stereocenters. The van der Waals surface area contributed by atoms with Crippen molar-refractivity contribution in [2.75, 3.05) is 25.0 Å². The SMILES string of the molecule is CNC(=O)[C@H](C)N(Cc1ccc(OC)cc1)C(=O)CN(c1cc(Cl)ccc1C)S(=O)(=O)c1ccccc1. The van der Waals surface area contributed by atoms with Crippen molar-refractivity contribution in [2.24, 2.45) is 0 Å². The van der Waals surface area contributed by atoms with E-state index in [1.54, 1.807) is 75.6 Å². The molecule has 0 aliphatic rings. The first kappa shape index (κ1) is 28.0. The van der Waals surface area contributed by atoms with Crippen LogP contribution in [0.1, 0.15) is 18.1 Å². The van der Waals surface area contributed by atoms with Crippen molar-refractivity contribution in [1.29, 1.82) is 0 Å². The summed E-state index contributed by atoms with van der Waals surface area (Å²) >= 11 is 6.22. The summed E-state index contributed by atoms with van der Waals surface area (Å²) in [4.78, 5) is 27.7. The quantitative estimate of drug-likeness (QED) is 0.417. The first-order valence-electron chi connectivity index (χ1n) is 11.6. The van der Waals surface area contributed by atoms with E-state index in [1.165, 1.54) is 30.1 Å². The van der Waals surface area contributed by atoms with Gasteiger partial charge in [-0.3, -0.25) is 13.9 Å². The molecule has 0 bridgehead atoms. The molecule has 0 saturated heterocycles. The van der Waals surface area contributed by atoms with Crippen LogP contribution < -0.4 is 14.4 Å². The van der Waals surface area contributed by atoms with Crippen LogP contribution in [0.4, 0.5) is 5.69 Å². The Bertz CT molecular complexity index is 1350. The van der Waals surface area contributed by atoms with Gasteiger partial charge in [0.15, 0.2) is 0 Å². The first-order chi connectivity index (χ1) is 17.6. The third kappa shape index (κ3) is 6.61. The Hall–Kier alpha value is -3.56. The van der Waals surface area contributed by atoms with E-state index in [2.05, 4.69) is 5.32 Å². The van der Waals surface area contributed by atoms with E-state index in [1.807, 2.05) is 0 Å². The monoisotopic (exact) mass is 543 g/mol. The molecular weight excluding hydrogens is 514 g/mol. The third-order valence-corrected chi connectivity index (χ3v) is 7.98. The summed E-state index contributed by atoms with van der Waals surface area (Å²) in [6.45, 7) is 2.90. The van der Waals surface area contributed by atoms with E-state index in [0.717, 1.165) is 9.87 Å². The molecule has 3 aromatic rings. The summed E-state index contributed by atoms with van der Waals surface area (Å²) < 4.78 is 33.8. The zero-order valence-electron chi connectivity index (χ0n) is 21.1. The molecule has 0 spiro atoms. The maximum absolute atomic E-state index is 13.8. The van der Waals surface area contributed by atoms with Gasteiger partial charge >= 0.3 is 0 Å². The van der Waals surface area contributed by atoms with Crippen LogP contribution >= 0.6 is 11.6 Å². The highest BCUT2D eigenvalue weighted by atomic mass is 35.5. The molecule has 0 heterocycles. The number of rotatable bonds is 10. The van der Waals surface area contributed by atoms with Crippen LogP contribution in [0.5, 0.6) is 5.75 Å². The second kappa shape index (κ2) is 12.1. The summed E-state index contributed by atoms with van der Waals surface area (Å²) in [7, 11) is -1.11. The molecule has 0 aliphatic carbocycles. The van der Waals surface area contributed by atoms with E-state index < -0.39 is 28.5 Å².